The summed E-state index contributed by atoms with van der Waals surface area (Å²) >= 11 is 0. The lowest BCUT2D eigenvalue weighted by Gasteiger charge is -2.31. The number of nitrogens with one attached hydrogen (secondary N) is 3. The van der Waals surface area contributed by atoms with Gasteiger partial charge in [-0.05, 0) is 24.7 Å². The van der Waals surface area contributed by atoms with Crippen LogP contribution in [0.15, 0.2) is 27.4 Å². The van der Waals surface area contributed by atoms with E-state index in [0.717, 1.165) is 18.7 Å². The fourth-order valence-corrected chi connectivity index (χ4v) is 2.53. The van der Waals surface area contributed by atoms with Gasteiger partial charge >= 0.3 is 5.76 Å². The molecule has 1 aromatic carbocycles. The third kappa shape index (κ3) is 2.42. The number of likely N-dealkylation sites (N-methyl/N-ethyl adjacent to an activating group) is 1. The van der Waals surface area contributed by atoms with Crippen molar-refractivity contribution in [1.29, 1.82) is 0 Å². The maximum atomic E-state index is 11.2. The highest BCUT2D eigenvalue weighted by Gasteiger charge is 2.24. The Balaban J connectivity index is 1.93. The molecule has 0 bridgehead atoms. The standard InChI is InChI=1S/C13H17N3O3/c1-14-12(11-7-15-4-5-18-11)8-2-3-10-9(6-8)16-13(17)19-10/h2-3,6,11-12,14-15H,4-5,7H2,1H3,(H,16,17). The van der Waals surface area contributed by atoms with Crippen molar-refractivity contribution in [3.63, 3.8) is 0 Å². The average molecular weight is 263 g/mol. The van der Waals surface area contributed by atoms with E-state index in [-0.39, 0.29) is 12.1 Å². The molecular formula is C13H17N3O3. The quantitative estimate of drug-likeness (QED) is 0.745. The number of aromatic nitrogens is 1. The van der Waals surface area contributed by atoms with E-state index in [1.54, 1.807) is 0 Å². The maximum Gasteiger partial charge on any atom is 0.417 e. The van der Waals surface area contributed by atoms with Crippen LogP contribution in [0.4, 0.5) is 0 Å². The first-order valence-electron chi connectivity index (χ1n) is 6.40. The van der Waals surface area contributed by atoms with E-state index in [1.807, 2.05) is 25.2 Å². The summed E-state index contributed by atoms with van der Waals surface area (Å²) in [7, 11) is 1.91. The molecule has 2 heterocycles. The monoisotopic (exact) mass is 263 g/mol. The van der Waals surface area contributed by atoms with Crippen LogP contribution in [-0.2, 0) is 4.74 Å². The first-order valence-corrected chi connectivity index (χ1v) is 6.40. The number of fused-ring (bicyclic) bond motifs is 1. The summed E-state index contributed by atoms with van der Waals surface area (Å²) in [6.07, 6.45) is 0.0785. The van der Waals surface area contributed by atoms with Crippen LogP contribution in [0.3, 0.4) is 0 Å². The number of oxazole rings is 1. The molecule has 1 aromatic heterocycles. The number of H-pyrrole nitrogens is 1. The van der Waals surface area contributed by atoms with E-state index in [9.17, 15) is 4.79 Å². The van der Waals surface area contributed by atoms with E-state index in [4.69, 9.17) is 9.15 Å². The highest BCUT2D eigenvalue weighted by atomic mass is 16.5. The maximum absolute atomic E-state index is 11.2. The lowest BCUT2D eigenvalue weighted by Crippen LogP contribution is -2.45. The summed E-state index contributed by atoms with van der Waals surface area (Å²) in [4.78, 5) is 13.8. The van der Waals surface area contributed by atoms with Crippen molar-refractivity contribution < 1.29 is 9.15 Å². The summed E-state index contributed by atoms with van der Waals surface area (Å²) in [6.45, 7) is 2.42. The molecule has 6 nitrogen and oxygen atoms in total. The smallest absolute Gasteiger partial charge is 0.408 e. The zero-order chi connectivity index (χ0) is 13.2. The molecule has 0 spiro atoms. The highest BCUT2D eigenvalue weighted by molar-refractivity contribution is 5.73. The molecule has 102 valence electrons. The normalized spacial score (nSPS) is 21.6. The summed E-state index contributed by atoms with van der Waals surface area (Å²) in [6, 6.07) is 5.77. The van der Waals surface area contributed by atoms with E-state index in [2.05, 4.69) is 15.6 Å². The summed E-state index contributed by atoms with van der Waals surface area (Å²) < 4.78 is 10.8. The molecule has 1 fully saturated rings. The zero-order valence-corrected chi connectivity index (χ0v) is 10.7. The Morgan fingerprint density at radius 2 is 2.37 bits per heavy atom. The molecular weight excluding hydrogens is 246 g/mol. The molecule has 2 aromatic rings. The molecule has 2 atom stereocenters. The van der Waals surface area contributed by atoms with E-state index < -0.39 is 5.76 Å². The van der Waals surface area contributed by atoms with Gasteiger partial charge in [0.15, 0.2) is 5.58 Å². The van der Waals surface area contributed by atoms with Crippen LogP contribution in [0, 0.1) is 0 Å². The van der Waals surface area contributed by atoms with Crippen molar-refractivity contribution in [2.24, 2.45) is 0 Å². The van der Waals surface area contributed by atoms with Gasteiger partial charge < -0.3 is 19.8 Å². The number of rotatable bonds is 3. The van der Waals surface area contributed by atoms with E-state index in [1.165, 1.54) is 0 Å². The average Bonchev–Trinajstić information content (AvgIpc) is 2.80. The van der Waals surface area contributed by atoms with Gasteiger partial charge in [0.25, 0.3) is 0 Å². The minimum atomic E-state index is -0.427. The van der Waals surface area contributed by atoms with Crippen molar-refractivity contribution in [3.8, 4) is 0 Å². The molecule has 19 heavy (non-hydrogen) atoms. The number of ether oxygens (including phenoxy) is 1. The number of hydrogen-bond donors (Lipinski definition) is 3. The lowest BCUT2D eigenvalue weighted by atomic mass is 10.00. The summed E-state index contributed by atoms with van der Waals surface area (Å²) in [5.74, 6) is -0.427. The van der Waals surface area contributed by atoms with Gasteiger partial charge in [-0.3, -0.25) is 4.98 Å². The van der Waals surface area contributed by atoms with E-state index >= 15 is 0 Å². The SMILES string of the molecule is CNC(c1ccc2oc(=O)[nH]c2c1)C1CNCCO1. The van der Waals surface area contributed by atoms with Crippen molar-refractivity contribution in [3.05, 3.63) is 34.3 Å². The Labute approximate surface area is 110 Å². The number of benzene rings is 1. The Kier molecular flexibility index (Phi) is 3.37. The number of aromatic amines is 1. The van der Waals surface area contributed by atoms with Gasteiger partial charge in [-0.25, -0.2) is 4.79 Å². The van der Waals surface area contributed by atoms with Crippen LogP contribution < -0.4 is 16.4 Å². The molecule has 0 aliphatic carbocycles. The topological polar surface area (TPSA) is 79.3 Å². The summed E-state index contributed by atoms with van der Waals surface area (Å²) in [5.41, 5.74) is 2.36. The van der Waals surface area contributed by atoms with Gasteiger partial charge in [0.1, 0.15) is 0 Å². The summed E-state index contributed by atoms with van der Waals surface area (Å²) in [5, 5.41) is 6.59. The molecule has 0 radical (unpaired) electrons. The van der Waals surface area contributed by atoms with Crippen LogP contribution in [0.25, 0.3) is 11.1 Å². The third-order valence-electron chi connectivity index (χ3n) is 3.44. The molecule has 1 saturated heterocycles. The van der Waals surface area contributed by atoms with Crippen LogP contribution in [0.5, 0.6) is 0 Å². The Bertz CT molecular complexity index is 613. The Morgan fingerprint density at radius 1 is 1.47 bits per heavy atom. The van der Waals surface area contributed by atoms with Crippen LogP contribution in [0.2, 0.25) is 0 Å². The molecule has 0 amide bonds. The molecule has 6 heteroatoms. The number of hydrogen-bond acceptors (Lipinski definition) is 5. The van der Waals surface area contributed by atoms with Crippen LogP contribution >= 0.6 is 0 Å². The second-order valence-corrected chi connectivity index (χ2v) is 4.65. The Morgan fingerprint density at radius 3 is 3.11 bits per heavy atom. The second-order valence-electron chi connectivity index (χ2n) is 4.65. The Hall–Kier alpha value is -1.63. The third-order valence-corrected chi connectivity index (χ3v) is 3.44. The molecule has 3 rings (SSSR count). The van der Waals surface area contributed by atoms with Gasteiger partial charge in [-0.1, -0.05) is 6.07 Å². The fourth-order valence-electron chi connectivity index (χ4n) is 2.53. The molecule has 1 aliphatic heterocycles. The second kappa shape index (κ2) is 5.16. The van der Waals surface area contributed by atoms with Gasteiger partial charge in [0, 0.05) is 13.1 Å². The van der Waals surface area contributed by atoms with Gasteiger partial charge in [-0.15, -0.1) is 0 Å². The van der Waals surface area contributed by atoms with Gasteiger partial charge in [0.2, 0.25) is 0 Å². The minimum Gasteiger partial charge on any atom is -0.408 e. The first-order chi connectivity index (χ1) is 9.28. The van der Waals surface area contributed by atoms with E-state index in [0.29, 0.717) is 17.7 Å². The van der Waals surface area contributed by atoms with Crippen molar-refractivity contribution >= 4 is 11.1 Å². The van der Waals surface area contributed by atoms with Crippen LogP contribution in [-0.4, -0.2) is 37.8 Å². The molecule has 1 aliphatic rings. The highest BCUT2D eigenvalue weighted by Crippen LogP contribution is 2.23. The fraction of sp³-hybridized carbons (Fsp3) is 0.462. The van der Waals surface area contributed by atoms with Crippen LogP contribution in [0.1, 0.15) is 11.6 Å². The predicted molar refractivity (Wildman–Crippen MR) is 71.2 cm³/mol. The minimum absolute atomic E-state index is 0.0785. The van der Waals surface area contributed by atoms with Crippen molar-refractivity contribution in [2.45, 2.75) is 12.1 Å². The van der Waals surface area contributed by atoms with Crippen molar-refractivity contribution in [2.75, 3.05) is 26.7 Å². The molecule has 3 N–H and O–H groups in total. The lowest BCUT2D eigenvalue weighted by molar-refractivity contribution is 0.00540. The molecule has 2 unspecified atom stereocenters. The zero-order valence-electron chi connectivity index (χ0n) is 10.7. The van der Waals surface area contributed by atoms with Gasteiger partial charge in [0.05, 0.1) is 24.3 Å². The predicted octanol–water partition coefficient (Wildman–Crippen LogP) is 0.370. The molecule has 0 saturated carbocycles. The first kappa shape index (κ1) is 12.4. The largest absolute Gasteiger partial charge is 0.417 e. The number of morpholine rings is 1. The van der Waals surface area contributed by atoms with Crippen molar-refractivity contribution in [1.82, 2.24) is 15.6 Å². The van der Waals surface area contributed by atoms with Gasteiger partial charge in [-0.2, -0.15) is 0 Å².